The standard InChI is InChI=1S/C16H27BN2O2/c1-14(2)7-12(8-14)10-19-11-13(9-18-19)17-20-15(3,4)16(5,6)21-17/h9,11-12H,7-8,10H2,1-6H3. The average Bonchev–Trinajstić information content (AvgIpc) is 2.80. The molecule has 0 atom stereocenters. The molecule has 0 N–H and O–H groups in total. The van der Waals surface area contributed by atoms with E-state index in [2.05, 4.69) is 52.8 Å². The number of hydrogen-bond donors (Lipinski definition) is 0. The second-order valence-corrected chi connectivity index (χ2v) is 8.52. The molecule has 4 nitrogen and oxygen atoms in total. The van der Waals surface area contributed by atoms with Crippen LogP contribution >= 0.6 is 0 Å². The summed E-state index contributed by atoms with van der Waals surface area (Å²) in [5, 5.41) is 4.48. The van der Waals surface area contributed by atoms with Crippen LogP contribution in [0.4, 0.5) is 0 Å². The van der Waals surface area contributed by atoms with Crippen LogP contribution in [0, 0.1) is 11.3 Å². The van der Waals surface area contributed by atoms with E-state index in [-0.39, 0.29) is 18.3 Å². The predicted octanol–water partition coefficient (Wildman–Crippen LogP) is 2.62. The van der Waals surface area contributed by atoms with Crippen LogP contribution in [-0.2, 0) is 15.9 Å². The first-order valence-corrected chi connectivity index (χ1v) is 7.96. The van der Waals surface area contributed by atoms with E-state index in [9.17, 15) is 0 Å². The lowest BCUT2D eigenvalue weighted by atomic mass is 9.64. The van der Waals surface area contributed by atoms with E-state index in [1.807, 2.05) is 10.9 Å². The highest BCUT2D eigenvalue weighted by atomic mass is 16.7. The van der Waals surface area contributed by atoms with Gasteiger partial charge in [-0.05, 0) is 51.9 Å². The summed E-state index contributed by atoms with van der Waals surface area (Å²) < 4.78 is 14.2. The van der Waals surface area contributed by atoms with Gasteiger partial charge in [0.15, 0.2) is 0 Å². The van der Waals surface area contributed by atoms with Crippen LogP contribution in [0.1, 0.15) is 54.4 Å². The summed E-state index contributed by atoms with van der Waals surface area (Å²) in [5.74, 6) is 0.756. The molecule has 0 bridgehead atoms. The minimum atomic E-state index is -0.304. The van der Waals surface area contributed by atoms with Crippen molar-refractivity contribution in [1.82, 2.24) is 9.78 Å². The molecule has 0 spiro atoms. The van der Waals surface area contributed by atoms with Crippen molar-refractivity contribution in [2.75, 3.05) is 0 Å². The van der Waals surface area contributed by atoms with Crippen LogP contribution in [0.2, 0.25) is 0 Å². The lowest BCUT2D eigenvalue weighted by Gasteiger charge is -2.42. The van der Waals surface area contributed by atoms with Gasteiger partial charge in [0.1, 0.15) is 0 Å². The molecule has 2 fully saturated rings. The highest BCUT2D eigenvalue weighted by Gasteiger charge is 2.52. The second kappa shape index (κ2) is 4.59. The smallest absolute Gasteiger partial charge is 0.399 e. The Labute approximate surface area is 128 Å². The molecule has 116 valence electrons. The van der Waals surface area contributed by atoms with Crippen molar-refractivity contribution in [2.24, 2.45) is 11.3 Å². The Bertz CT molecular complexity index is 512. The van der Waals surface area contributed by atoms with Gasteiger partial charge in [0.05, 0.1) is 11.2 Å². The van der Waals surface area contributed by atoms with Crippen LogP contribution in [0.25, 0.3) is 0 Å². The van der Waals surface area contributed by atoms with E-state index in [0.29, 0.717) is 5.41 Å². The van der Waals surface area contributed by atoms with Crippen molar-refractivity contribution in [3.05, 3.63) is 12.4 Å². The third-order valence-electron chi connectivity index (χ3n) is 5.31. The van der Waals surface area contributed by atoms with Gasteiger partial charge in [0.25, 0.3) is 0 Å². The van der Waals surface area contributed by atoms with Gasteiger partial charge in [0, 0.05) is 24.4 Å². The van der Waals surface area contributed by atoms with Gasteiger partial charge in [-0.2, -0.15) is 5.10 Å². The van der Waals surface area contributed by atoms with Crippen molar-refractivity contribution >= 4 is 12.6 Å². The Morgan fingerprint density at radius 1 is 1.14 bits per heavy atom. The van der Waals surface area contributed by atoms with E-state index in [0.717, 1.165) is 17.9 Å². The molecule has 0 unspecified atom stereocenters. The summed E-state index contributed by atoms with van der Waals surface area (Å²) in [5.41, 5.74) is 0.953. The number of rotatable bonds is 3. The van der Waals surface area contributed by atoms with Crippen molar-refractivity contribution in [1.29, 1.82) is 0 Å². The quantitative estimate of drug-likeness (QED) is 0.803. The molecule has 1 aromatic rings. The Hall–Kier alpha value is -0.805. The lowest BCUT2D eigenvalue weighted by molar-refractivity contribution is 0.00578. The molecule has 21 heavy (non-hydrogen) atoms. The summed E-state index contributed by atoms with van der Waals surface area (Å²) >= 11 is 0. The zero-order chi connectivity index (χ0) is 15.5. The maximum Gasteiger partial charge on any atom is 0.498 e. The molecule has 1 aromatic heterocycles. The molecule has 1 saturated heterocycles. The number of hydrogen-bond acceptors (Lipinski definition) is 3. The van der Waals surface area contributed by atoms with Crippen molar-refractivity contribution in [3.63, 3.8) is 0 Å². The highest BCUT2D eigenvalue weighted by Crippen LogP contribution is 2.45. The predicted molar refractivity (Wildman–Crippen MR) is 84.4 cm³/mol. The normalized spacial score (nSPS) is 26.9. The van der Waals surface area contributed by atoms with E-state index < -0.39 is 0 Å². The van der Waals surface area contributed by atoms with E-state index in [1.165, 1.54) is 12.8 Å². The van der Waals surface area contributed by atoms with Crippen LogP contribution in [0.15, 0.2) is 12.4 Å². The first-order chi connectivity index (χ1) is 9.58. The molecule has 1 aliphatic carbocycles. The van der Waals surface area contributed by atoms with Crippen molar-refractivity contribution in [2.45, 2.75) is 72.1 Å². The fourth-order valence-electron chi connectivity index (χ4n) is 3.48. The molecule has 2 heterocycles. The lowest BCUT2D eigenvalue weighted by Crippen LogP contribution is -2.41. The largest absolute Gasteiger partial charge is 0.498 e. The first-order valence-electron chi connectivity index (χ1n) is 7.96. The minimum absolute atomic E-state index is 0.294. The summed E-state index contributed by atoms with van der Waals surface area (Å²) in [6.45, 7) is 14.0. The molecule has 3 rings (SSSR count). The van der Waals surface area contributed by atoms with Gasteiger partial charge in [-0.3, -0.25) is 4.68 Å². The topological polar surface area (TPSA) is 36.3 Å². The van der Waals surface area contributed by atoms with Crippen LogP contribution < -0.4 is 5.46 Å². The number of aromatic nitrogens is 2. The summed E-state index contributed by atoms with van der Waals surface area (Å²) in [4.78, 5) is 0. The molecule has 5 heteroatoms. The summed E-state index contributed by atoms with van der Waals surface area (Å²) in [6, 6.07) is 0. The fourth-order valence-corrected chi connectivity index (χ4v) is 3.48. The van der Waals surface area contributed by atoms with Gasteiger partial charge >= 0.3 is 7.12 Å². The molecule has 0 amide bonds. The Morgan fingerprint density at radius 3 is 2.24 bits per heavy atom. The fraction of sp³-hybridized carbons (Fsp3) is 0.812. The van der Waals surface area contributed by atoms with E-state index >= 15 is 0 Å². The molecular weight excluding hydrogens is 263 g/mol. The minimum Gasteiger partial charge on any atom is -0.399 e. The monoisotopic (exact) mass is 290 g/mol. The van der Waals surface area contributed by atoms with Gasteiger partial charge in [-0.15, -0.1) is 0 Å². The first kappa shape index (κ1) is 15.1. The molecule has 0 aromatic carbocycles. The molecule has 0 radical (unpaired) electrons. The Kier molecular flexibility index (Phi) is 3.30. The second-order valence-electron chi connectivity index (χ2n) is 8.52. The zero-order valence-electron chi connectivity index (χ0n) is 14.1. The van der Waals surface area contributed by atoms with Crippen LogP contribution in [-0.4, -0.2) is 28.1 Å². The molecule has 2 aliphatic rings. The summed E-state index contributed by atoms with van der Waals surface area (Å²) in [6.07, 6.45) is 6.54. The van der Waals surface area contributed by atoms with Crippen molar-refractivity contribution in [3.8, 4) is 0 Å². The third kappa shape index (κ3) is 2.78. The molecule has 1 aliphatic heterocycles. The van der Waals surface area contributed by atoms with Gasteiger partial charge in [-0.25, -0.2) is 0 Å². The molecule has 1 saturated carbocycles. The van der Waals surface area contributed by atoms with Gasteiger partial charge < -0.3 is 9.31 Å². The number of nitrogens with zero attached hydrogens (tertiary/aromatic N) is 2. The maximum absolute atomic E-state index is 6.07. The average molecular weight is 290 g/mol. The van der Waals surface area contributed by atoms with Gasteiger partial charge in [0.2, 0.25) is 0 Å². The Morgan fingerprint density at radius 2 is 1.71 bits per heavy atom. The van der Waals surface area contributed by atoms with Crippen LogP contribution in [0.5, 0.6) is 0 Å². The SMILES string of the molecule is CC1(C)CC(Cn2cc(B3OC(C)(C)C(C)(C)O3)cn2)C1. The van der Waals surface area contributed by atoms with Crippen LogP contribution in [0.3, 0.4) is 0 Å². The van der Waals surface area contributed by atoms with E-state index in [4.69, 9.17) is 9.31 Å². The van der Waals surface area contributed by atoms with Gasteiger partial charge in [-0.1, -0.05) is 13.8 Å². The molecular formula is C16H27BN2O2. The highest BCUT2D eigenvalue weighted by molar-refractivity contribution is 6.61. The van der Waals surface area contributed by atoms with E-state index in [1.54, 1.807) is 0 Å². The maximum atomic E-state index is 6.07. The zero-order valence-corrected chi connectivity index (χ0v) is 14.1. The van der Waals surface area contributed by atoms with Crippen molar-refractivity contribution < 1.29 is 9.31 Å². The summed E-state index contributed by atoms with van der Waals surface area (Å²) in [7, 11) is -0.304. The Balaban J connectivity index is 1.64. The third-order valence-corrected chi connectivity index (χ3v) is 5.31.